The predicted molar refractivity (Wildman–Crippen MR) is 45.2 cm³/mol. The Morgan fingerprint density at radius 3 is 3.15 bits per heavy atom. The third kappa shape index (κ3) is 2.55. The molecule has 1 rings (SSSR count). The number of nitrogens with zero attached hydrogens (tertiary/aromatic N) is 1. The van der Waals surface area contributed by atoms with Crippen molar-refractivity contribution in [2.75, 3.05) is 13.7 Å². The number of nitrogens with two attached hydrogens (primary N) is 1. The Kier molecular flexibility index (Phi) is 3.45. The van der Waals surface area contributed by atoms with Gasteiger partial charge in [-0.25, -0.2) is 4.79 Å². The minimum absolute atomic E-state index is 0.203. The highest BCUT2D eigenvalue weighted by atomic mass is 16.5. The summed E-state index contributed by atoms with van der Waals surface area (Å²) in [5.41, 5.74) is 5.52. The van der Waals surface area contributed by atoms with Gasteiger partial charge in [0.1, 0.15) is 5.76 Å². The van der Waals surface area contributed by atoms with Crippen molar-refractivity contribution in [2.24, 2.45) is 5.73 Å². The van der Waals surface area contributed by atoms with Gasteiger partial charge in [0.15, 0.2) is 5.69 Å². The number of aromatic nitrogens is 1. The lowest BCUT2D eigenvalue weighted by molar-refractivity contribution is 0.0589. The van der Waals surface area contributed by atoms with Crippen molar-refractivity contribution in [3.63, 3.8) is 0 Å². The van der Waals surface area contributed by atoms with Crippen LogP contribution in [-0.2, 0) is 11.2 Å². The van der Waals surface area contributed by atoms with Crippen molar-refractivity contribution >= 4 is 5.97 Å². The first kappa shape index (κ1) is 9.73. The first-order chi connectivity index (χ1) is 6.27. The summed E-state index contributed by atoms with van der Waals surface area (Å²) in [4.78, 5) is 10.9. The Morgan fingerprint density at radius 1 is 1.77 bits per heavy atom. The van der Waals surface area contributed by atoms with Crippen LogP contribution < -0.4 is 5.73 Å². The van der Waals surface area contributed by atoms with Crippen molar-refractivity contribution in [1.82, 2.24) is 5.16 Å². The molecule has 2 N–H and O–H groups in total. The smallest absolute Gasteiger partial charge is 0.360 e. The Bertz CT molecular complexity index is 283. The molecular weight excluding hydrogens is 172 g/mol. The van der Waals surface area contributed by atoms with Gasteiger partial charge in [0, 0.05) is 12.5 Å². The standard InChI is InChI=1S/C8H12N2O3/c1-12-8(11)7-5-6(13-10-7)3-2-4-9/h5H,2-4,9H2,1H3. The molecule has 1 heterocycles. The highest BCUT2D eigenvalue weighted by Gasteiger charge is 2.11. The van der Waals surface area contributed by atoms with E-state index in [0.29, 0.717) is 18.7 Å². The quantitative estimate of drug-likeness (QED) is 0.683. The van der Waals surface area contributed by atoms with Gasteiger partial charge >= 0.3 is 5.97 Å². The largest absolute Gasteiger partial charge is 0.464 e. The van der Waals surface area contributed by atoms with Crippen LogP contribution in [0.2, 0.25) is 0 Å². The van der Waals surface area contributed by atoms with Gasteiger partial charge in [-0.15, -0.1) is 0 Å². The van der Waals surface area contributed by atoms with Gasteiger partial charge in [-0.2, -0.15) is 0 Å². The second kappa shape index (κ2) is 4.61. The zero-order valence-electron chi connectivity index (χ0n) is 7.45. The molecule has 0 fully saturated rings. The van der Waals surface area contributed by atoms with Gasteiger partial charge < -0.3 is 15.0 Å². The zero-order valence-corrected chi connectivity index (χ0v) is 7.45. The number of rotatable bonds is 4. The Balaban J connectivity index is 2.58. The van der Waals surface area contributed by atoms with Crippen LogP contribution in [0.15, 0.2) is 10.6 Å². The molecule has 72 valence electrons. The average molecular weight is 184 g/mol. The molecule has 0 atom stereocenters. The van der Waals surface area contributed by atoms with Crippen molar-refractivity contribution in [3.05, 3.63) is 17.5 Å². The van der Waals surface area contributed by atoms with E-state index >= 15 is 0 Å². The van der Waals surface area contributed by atoms with E-state index in [2.05, 4.69) is 9.89 Å². The van der Waals surface area contributed by atoms with Crippen LogP contribution in [0.4, 0.5) is 0 Å². The molecule has 1 aromatic heterocycles. The van der Waals surface area contributed by atoms with Gasteiger partial charge in [-0.1, -0.05) is 5.16 Å². The number of esters is 1. The van der Waals surface area contributed by atoms with E-state index in [-0.39, 0.29) is 5.69 Å². The van der Waals surface area contributed by atoms with Gasteiger partial charge in [0.25, 0.3) is 0 Å². The maximum atomic E-state index is 10.9. The second-order valence-electron chi connectivity index (χ2n) is 2.56. The van der Waals surface area contributed by atoms with E-state index in [1.54, 1.807) is 6.07 Å². The van der Waals surface area contributed by atoms with Crippen molar-refractivity contribution in [1.29, 1.82) is 0 Å². The number of hydrogen-bond donors (Lipinski definition) is 1. The zero-order chi connectivity index (χ0) is 9.68. The lowest BCUT2D eigenvalue weighted by atomic mass is 10.2. The van der Waals surface area contributed by atoms with E-state index in [1.165, 1.54) is 7.11 Å². The Hall–Kier alpha value is -1.36. The van der Waals surface area contributed by atoms with Crippen LogP contribution in [-0.4, -0.2) is 24.8 Å². The third-order valence-electron chi connectivity index (χ3n) is 1.58. The summed E-state index contributed by atoms with van der Waals surface area (Å²) in [6.45, 7) is 0.592. The summed E-state index contributed by atoms with van der Waals surface area (Å²) in [5, 5.41) is 3.55. The monoisotopic (exact) mass is 184 g/mol. The first-order valence-electron chi connectivity index (χ1n) is 4.02. The third-order valence-corrected chi connectivity index (χ3v) is 1.58. The normalized spacial score (nSPS) is 10.0. The van der Waals surface area contributed by atoms with Crippen LogP contribution in [0.5, 0.6) is 0 Å². The van der Waals surface area contributed by atoms with Gasteiger partial charge in [-0.05, 0) is 13.0 Å². The molecule has 0 saturated carbocycles. The molecule has 1 aromatic rings. The summed E-state index contributed by atoms with van der Waals surface area (Å²) >= 11 is 0. The first-order valence-corrected chi connectivity index (χ1v) is 4.02. The van der Waals surface area contributed by atoms with Crippen LogP contribution in [0, 0.1) is 0 Å². The van der Waals surface area contributed by atoms with E-state index < -0.39 is 5.97 Å². The molecule has 0 aliphatic rings. The average Bonchev–Trinajstić information content (AvgIpc) is 2.62. The number of aryl methyl sites for hydroxylation is 1. The fourth-order valence-corrected chi connectivity index (χ4v) is 0.908. The molecule has 0 bridgehead atoms. The van der Waals surface area contributed by atoms with Crippen LogP contribution in [0.25, 0.3) is 0 Å². The molecule has 5 heteroatoms. The van der Waals surface area contributed by atoms with Crippen molar-refractivity contribution in [3.8, 4) is 0 Å². The minimum atomic E-state index is -0.484. The van der Waals surface area contributed by atoms with Crippen LogP contribution >= 0.6 is 0 Å². The SMILES string of the molecule is COC(=O)c1cc(CCCN)on1. The van der Waals surface area contributed by atoms with E-state index in [1.807, 2.05) is 0 Å². The molecule has 13 heavy (non-hydrogen) atoms. The van der Waals surface area contributed by atoms with E-state index in [0.717, 1.165) is 6.42 Å². The number of ether oxygens (including phenoxy) is 1. The molecule has 5 nitrogen and oxygen atoms in total. The number of methoxy groups -OCH3 is 1. The second-order valence-corrected chi connectivity index (χ2v) is 2.56. The van der Waals surface area contributed by atoms with E-state index in [9.17, 15) is 4.79 Å². The van der Waals surface area contributed by atoms with Crippen molar-refractivity contribution in [2.45, 2.75) is 12.8 Å². The highest BCUT2D eigenvalue weighted by molar-refractivity contribution is 5.86. The molecule has 0 amide bonds. The lowest BCUT2D eigenvalue weighted by Crippen LogP contribution is -2.01. The number of hydrogen-bond acceptors (Lipinski definition) is 5. The summed E-state index contributed by atoms with van der Waals surface area (Å²) < 4.78 is 9.35. The van der Waals surface area contributed by atoms with E-state index in [4.69, 9.17) is 10.3 Å². The predicted octanol–water partition coefficient (Wildman–Crippen LogP) is 0.352. The summed E-state index contributed by atoms with van der Waals surface area (Å²) in [6, 6.07) is 1.57. The molecule has 0 aliphatic carbocycles. The molecule has 0 aliphatic heterocycles. The molecular formula is C8H12N2O3. The lowest BCUT2D eigenvalue weighted by Gasteiger charge is -1.89. The fourth-order valence-electron chi connectivity index (χ4n) is 0.908. The van der Waals surface area contributed by atoms with Gasteiger partial charge in [0.2, 0.25) is 0 Å². The molecule has 0 spiro atoms. The molecule has 0 aromatic carbocycles. The fraction of sp³-hybridized carbons (Fsp3) is 0.500. The maximum absolute atomic E-state index is 10.9. The summed E-state index contributed by atoms with van der Waals surface area (Å²) in [6.07, 6.45) is 1.51. The summed E-state index contributed by atoms with van der Waals surface area (Å²) in [7, 11) is 1.30. The topological polar surface area (TPSA) is 78.4 Å². The van der Waals surface area contributed by atoms with Gasteiger partial charge in [0.05, 0.1) is 7.11 Å². The summed E-state index contributed by atoms with van der Waals surface area (Å²) in [5.74, 6) is 0.175. The Labute approximate surface area is 75.8 Å². The Morgan fingerprint density at radius 2 is 2.54 bits per heavy atom. The van der Waals surface area contributed by atoms with Crippen LogP contribution in [0.3, 0.4) is 0 Å². The van der Waals surface area contributed by atoms with Gasteiger partial charge in [-0.3, -0.25) is 0 Å². The number of carbonyl (C=O) groups is 1. The molecule has 0 unspecified atom stereocenters. The van der Waals surface area contributed by atoms with Crippen molar-refractivity contribution < 1.29 is 14.1 Å². The highest BCUT2D eigenvalue weighted by Crippen LogP contribution is 2.06. The molecule has 0 saturated heterocycles. The maximum Gasteiger partial charge on any atom is 0.360 e. The number of carbonyl (C=O) groups excluding carboxylic acids is 1. The molecule has 0 radical (unpaired) electrons. The minimum Gasteiger partial charge on any atom is -0.464 e. The van der Waals surface area contributed by atoms with Crippen LogP contribution in [0.1, 0.15) is 22.7 Å².